The number of ether oxygens (including phenoxy) is 1. The number of carbonyl (C=O) groups is 2. The summed E-state index contributed by atoms with van der Waals surface area (Å²) in [6, 6.07) is 9.29. The zero-order chi connectivity index (χ0) is 19.4. The first-order valence-corrected chi connectivity index (χ1v) is 10.6. The van der Waals surface area contributed by atoms with Crippen molar-refractivity contribution in [2.45, 2.75) is 18.8 Å². The molecule has 0 radical (unpaired) electrons. The minimum absolute atomic E-state index is 0.0662. The molecular weight excluding hydrogens is 374 g/mol. The summed E-state index contributed by atoms with van der Waals surface area (Å²) in [5.41, 5.74) is 1.65. The Hall–Kier alpha value is -2.25. The van der Waals surface area contributed by atoms with Crippen molar-refractivity contribution in [2.24, 2.45) is 17.8 Å². The molecule has 2 saturated heterocycles. The fourth-order valence-electron chi connectivity index (χ4n) is 4.86. The molecule has 146 valence electrons. The van der Waals surface area contributed by atoms with E-state index in [-0.39, 0.29) is 23.7 Å². The second-order valence-corrected chi connectivity index (χ2v) is 9.05. The van der Waals surface area contributed by atoms with Crippen molar-refractivity contribution < 1.29 is 14.3 Å². The van der Waals surface area contributed by atoms with Gasteiger partial charge < -0.3 is 9.64 Å². The summed E-state index contributed by atoms with van der Waals surface area (Å²) in [7, 11) is 3.92. The second kappa shape index (κ2) is 6.67. The van der Waals surface area contributed by atoms with Gasteiger partial charge in [-0.2, -0.15) is 0 Å². The molecule has 6 nitrogen and oxygen atoms in total. The number of aromatic nitrogens is 1. The fourth-order valence-corrected chi connectivity index (χ4v) is 6.02. The van der Waals surface area contributed by atoms with Gasteiger partial charge in [-0.05, 0) is 36.8 Å². The molecule has 1 aromatic heterocycles. The zero-order valence-electron chi connectivity index (χ0n) is 16.0. The normalized spacial score (nSPS) is 29.1. The molecule has 7 heteroatoms. The Morgan fingerprint density at radius 3 is 2.64 bits per heavy atom. The lowest BCUT2D eigenvalue weighted by atomic mass is 9.69. The highest BCUT2D eigenvalue weighted by Gasteiger charge is 2.57. The molecule has 3 aliphatic rings. The lowest BCUT2D eigenvalue weighted by Gasteiger charge is -2.33. The Labute approximate surface area is 168 Å². The Morgan fingerprint density at radius 2 is 1.96 bits per heavy atom. The van der Waals surface area contributed by atoms with E-state index in [4.69, 9.17) is 9.72 Å². The summed E-state index contributed by atoms with van der Waals surface area (Å²) >= 11 is 1.55. The van der Waals surface area contributed by atoms with Gasteiger partial charge in [-0.15, -0.1) is 11.3 Å². The van der Waals surface area contributed by atoms with Gasteiger partial charge in [0.25, 0.3) is 0 Å². The minimum atomic E-state index is -0.423. The average Bonchev–Trinajstić information content (AvgIpc) is 3.40. The van der Waals surface area contributed by atoms with Gasteiger partial charge in [0.1, 0.15) is 0 Å². The van der Waals surface area contributed by atoms with Crippen molar-refractivity contribution in [1.82, 2.24) is 4.98 Å². The van der Waals surface area contributed by atoms with E-state index in [9.17, 15) is 9.59 Å². The SMILES string of the molecule is CN(C)c1nc2c(s1)[C@H]1C(=O)N(c3ccccc3)C(=O)[C@H]1[C@@H]([C@H]1CCOC1)C2. The second-order valence-electron chi connectivity index (χ2n) is 8.04. The Kier molecular flexibility index (Phi) is 4.25. The van der Waals surface area contributed by atoms with Gasteiger partial charge in [-0.25, -0.2) is 9.88 Å². The maximum atomic E-state index is 13.5. The summed E-state index contributed by atoms with van der Waals surface area (Å²) in [5.74, 6) is -0.515. The smallest absolute Gasteiger partial charge is 0.243 e. The quantitative estimate of drug-likeness (QED) is 0.745. The third-order valence-corrected chi connectivity index (χ3v) is 7.56. The number of imide groups is 1. The number of hydrogen-bond acceptors (Lipinski definition) is 6. The van der Waals surface area contributed by atoms with Gasteiger partial charge in [0.15, 0.2) is 5.13 Å². The summed E-state index contributed by atoms with van der Waals surface area (Å²) in [5, 5.41) is 0.894. The molecule has 0 saturated carbocycles. The summed E-state index contributed by atoms with van der Waals surface area (Å²) in [4.78, 5) is 36.2. The van der Waals surface area contributed by atoms with E-state index < -0.39 is 5.92 Å². The molecule has 2 fully saturated rings. The van der Waals surface area contributed by atoms with E-state index in [0.717, 1.165) is 35.2 Å². The van der Waals surface area contributed by atoms with Crippen molar-refractivity contribution in [3.63, 3.8) is 0 Å². The molecule has 28 heavy (non-hydrogen) atoms. The molecular formula is C21H23N3O3S. The molecule has 3 heterocycles. The van der Waals surface area contributed by atoms with E-state index in [0.29, 0.717) is 18.2 Å². The highest BCUT2D eigenvalue weighted by atomic mass is 32.1. The van der Waals surface area contributed by atoms with E-state index in [1.54, 1.807) is 11.3 Å². The van der Waals surface area contributed by atoms with Crippen LogP contribution in [0.4, 0.5) is 10.8 Å². The Bertz CT molecular complexity index is 920. The number of amides is 2. The number of benzene rings is 1. The fraction of sp³-hybridized carbons (Fsp3) is 0.476. The van der Waals surface area contributed by atoms with Crippen LogP contribution in [0.5, 0.6) is 0 Å². The van der Waals surface area contributed by atoms with Crippen LogP contribution in [0.2, 0.25) is 0 Å². The number of fused-ring (bicyclic) bond motifs is 3. The van der Waals surface area contributed by atoms with E-state index in [2.05, 4.69) is 0 Å². The molecule has 0 bridgehead atoms. The molecule has 2 aromatic rings. The van der Waals surface area contributed by atoms with Gasteiger partial charge in [0.2, 0.25) is 11.8 Å². The van der Waals surface area contributed by atoms with Crippen molar-refractivity contribution in [3.05, 3.63) is 40.9 Å². The maximum Gasteiger partial charge on any atom is 0.243 e. The van der Waals surface area contributed by atoms with Gasteiger partial charge in [0, 0.05) is 32.2 Å². The average molecular weight is 398 g/mol. The first kappa shape index (κ1) is 17.8. The first-order chi connectivity index (χ1) is 13.6. The molecule has 2 aliphatic heterocycles. The van der Waals surface area contributed by atoms with Crippen LogP contribution in [-0.2, 0) is 20.7 Å². The minimum Gasteiger partial charge on any atom is -0.381 e. The number of nitrogens with zero attached hydrogens (tertiary/aromatic N) is 3. The van der Waals surface area contributed by atoms with Crippen LogP contribution in [0, 0.1) is 17.8 Å². The lowest BCUT2D eigenvalue weighted by Crippen LogP contribution is -2.37. The summed E-state index contributed by atoms with van der Waals surface area (Å²) in [6.07, 6.45) is 1.69. The molecule has 2 amide bonds. The highest BCUT2D eigenvalue weighted by molar-refractivity contribution is 7.16. The van der Waals surface area contributed by atoms with Crippen LogP contribution in [0.3, 0.4) is 0 Å². The Morgan fingerprint density at radius 1 is 1.18 bits per heavy atom. The van der Waals surface area contributed by atoms with Gasteiger partial charge in [0.05, 0.1) is 23.2 Å². The van der Waals surface area contributed by atoms with Gasteiger partial charge >= 0.3 is 0 Å². The van der Waals surface area contributed by atoms with Crippen LogP contribution in [-0.4, -0.2) is 44.1 Å². The standard InChI is InChI=1S/C21H23N3O3S/c1-23(2)21-22-15-10-14(12-8-9-27-11-12)16-17(18(15)28-21)20(26)24(19(16)25)13-6-4-3-5-7-13/h3-7,12,14,16-17H,8-11H2,1-2H3/t12-,14+,16-,17-/m0/s1. The number of carbonyl (C=O) groups excluding carboxylic acids is 2. The summed E-state index contributed by atoms with van der Waals surface area (Å²) in [6.45, 7) is 1.40. The summed E-state index contributed by atoms with van der Waals surface area (Å²) < 4.78 is 5.63. The number of anilines is 2. The van der Waals surface area contributed by atoms with E-state index >= 15 is 0 Å². The number of hydrogen-bond donors (Lipinski definition) is 0. The van der Waals surface area contributed by atoms with Crippen LogP contribution in [0.15, 0.2) is 30.3 Å². The molecule has 5 rings (SSSR count). The van der Waals surface area contributed by atoms with Crippen LogP contribution in [0.25, 0.3) is 0 Å². The molecule has 0 spiro atoms. The number of rotatable bonds is 3. The number of para-hydroxylation sites is 1. The van der Waals surface area contributed by atoms with Crippen molar-refractivity contribution in [3.8, 4) is 0 Å². The third kappa shape index (κ3) is 2.60. The molecule has 0 unspecified atom stereocenters. The predicted molar refractivity (Wildman–Crippen MR) is 108 cm³/mol. The van der Waals surface area contributed by atoms with Crippen LogP contribution < -0.4 is 9.80 Å². The largest absolute Gasteiger partial charge is 0.381 e. The van der Waals surface area contributed by atoms with Crippen molar-refractivity contribution in [2.75, 3.05) is 37.1 Å². The monoisotopic (exact) mass is 397 g/mol. The predicted octanol–water partition coefficient (Wildman–Crippen LogP) is 2.69. The highest BCUT2D eigenvalue weighted by Crippen LogP contribution is 2.52. The maximum absolute atomic E-state index is 13.5. The Balaban J connectivity index is 1.62. The third-order valence-electron chi connectivity index (χ3n) is 6.21. The lowest BCUT2D eigenvalue weighted by molar-refractivity contribution is -0.123. The van der Waals surface area contributed by atoms with Crippen LogP contribution in [0.1, 0.15) is 22.9 Å². The van der Waals surface area contributed by atoms with Gasteiger partial charge in [-0.3, -0.25) is 9.59 Å². The van der Waals surface area contributed by atoms with Crippen molar-refractivity contribution >= 4 is 34.0 Å². The molecule has 0 N–H and O–H groups in total. The first-order valence-electron chi connectivity index (χ1n) is 9.73. The number of thiazole rings is 1. The van der Waals surface area contributed by atoms with Crippen LogP contribution >= 0.6 is 11.3 Å². The topological polar surface area (TPSA) is 62.7 Å². The van der Waals surface area contributed by atoms with E-state index in [1.807, 2.05) is 49.3 Å². The van der Waals surface area contributed by atoms with Gasteiger partial charge in [-0.1, -0.05) is 18.2 Å². The van der Waals surface area contributed by atoms with Crippen molar-refractivity contribution in [1.29, 1.82) is 0 Å². The zero-order valence-corrected chi connectivity index (χ0v) is 16.8. The molecule has 4 atom stereocenters. The van der Waals surface area contributed by atoms with E-state index in [1.165, 1.54) is 4.90 Å². The molecule has 1 aliphatic carbocycles. The molecule has 1 aromatic carbocycles.